The molecule has 0 heterocycles. The number of hydrogen-bond donors (Lipinski definition) is 1. The molecule has 0 aromatic heterocycles. The molecule has 3 nitrogen and oxygen atoms in total. The van der Waals surface area contributed by atoms with Gasteiger partial charge in [0, 0.05) is 12.5 Å². The van der Waals surface area contributed by atoms with Crippen LogP contribution in [0.5, 0.6) is 11.5 Å². The first-order chi connectivity index (χ1) is 9.96. The molecule has 1 atom stereocenters. The van der Waals surface area contributed by atoms with Gasteiger partial charge in [-0.2, -0.15) is 0 Å². The highest BCUT2D eigenvalue weighted by molar-refractivity contribution is 5.41. The average molecular weight is 290 g/mol. The van der Waals surface area contributed by atoms with Gasteiger partial charge in [-0.3, -0.25) is 0 Å². The highest BCUT2D eigenvalue weighted by atomic mass is 19.1. The molecule has 4 heteroatoms. The maximum absolute atomic E-state index is 13.8. The van der Waals surface area contributed by atoms with E-state index in [2.05, 4.69) is 0 Å². The molecule has 112 valence electrons. The molecule has 0 amide bonds. The van der Waals surface area contributed by atoms with Crippen LogP contribution in [0.4, 0.5) is 4.39 Å². The van der Waals surface area contributed by atoms with E-state index in [1.165, 1.54) is 6.07 Å². The zero-order chi connectivity index (χ0) is 15.5. The Morgan fingerprint density at radius 3 is 2.14 bits per heavy atom. The first-order valence-corrected chi connectivity index (χ1v) is 6.65. The molecule has 2 aromatic rings. The molecular formula is C17H19FO3. The summed E-state index contributed by atoms with van der Waals surface area (Å²) in [5.74, 6) is 0.837. The van der Waals surface area contributed by atoms with Gasteiger partial charge in [-0.15, -0.1) is 0 Å². The van der Waals surface area contributed by atoms with Gasteiger partial charge < -0.3 is 14.6 Å². The standard InChI is InChI=1S/C17H19FO3/c1-17(19,11-12-6-4-5-7-16(12)18)13-8-14(20-2)10-15(9-13)21-3/h4-10,19H,11H2,1-3H3. The number of aliphatic hydroxyl groups is 1. The minimum absolute atomic E-state index is 0.163. The zero-order valence-electron chi connectivity index (χ0n) is 12.4. The zero-order valence-corrected chi connectivity index (χ0v) is 12.4. The first-order valence-electron chi connectivity index (χ1n) is 6.65. The quantitative estimate of drug-likeness (QED) is 0.918. The minimum atomic E-state index is -1.23. The lowest BCUT2D eigenvalue weighted by Crippen LogP contribution is -2.25. The summed E-state index contributed by atoms with van der Waals surface area (Å²) < 4.78 is 24.2. The van der Waals surface area contributed by atoms with Crippen LogP contribution >= 0.6 is 0 Å². The smallest absolute Gasteiger partial charge is 0.126 e. The molecule has 0 radical (unpaired) electrons. The van der Waals surface area contributed by atoms with Crippen molar-refractivity contribution < 1.29 is 19.0 Å². The van der Waals surface area contributed by atoms with Gasteiger partial charge in [0.15, 0.2) is 0 Å². The number of ether oxygens (including phenoxy) is 2. The van der Waals surface area contributed by atoms with Crippen molar-refractivity contribution in [3.05, 3.63) is 59.4 Å². The van der Waals surface area contributed by atoms with Crippen LogP contribution in [0.1, 0.15) is 18.1 Å². The summed E-state index contributed by atoms with van der Waals surface area (Å²) in [7, 11) is 3.09. The van der Waals surface area contributed by atoms with Crippen molar-refractivity contribution in [1.29, 1.82) is 0 Å². The summed E-state index contributed by atoms with van der Waals surface area (Å²) in [6, 6.07) is 11.6. The van der Waals surface area contributed by atoms with E-state index in [1.807, 2.05) is 0 Å². The van der Waals surface area contributed by atoms with Crippen molar-refractivity contribution in [2.24, 2.45) is 0 Å². The molecule has 1 N–H and O–H groups in total. The molecule has 0 saturated carbocycles. The summed E-state index contributed by atoms with van der Waals surface area (Å²) in [5, 5.41) is 10.7. The van der Waals surface area contributed by atoms with Crippen LogP contribution in [0.25, 0.3) is 0 Å². The largest absolute Gasteiger partial charge is 0.497 e. The van der Waals surface area contributed by atoms with E-state index in [-0.39, 0.29) is 12.2 Å². The summed E-state index contributed by atoms with van der Waals surface area (Å²) in [5.41, 5.74) is -0.157. The Labute approximate surface area is 124 Å². The minimum Gasteiger partial charge on any atom is -0.497 e. The second kappa shape index (κ2) is 6.14. The lowest BCUT2D eigenvalue weighted by atomic mass is 9.88. The van der Waals surface area contributed by atoms with E-state index in [9.17, 15) is 9.50 Å². The van der Waals surface area contributed by atoms with Crippen LogP contribution in [0.15, 0.2) is 42.5 Å². The molecule has 2 aromatic carbocycles. The van der Waals surface area contributed by atoms with Gasteiger partial charge in [-0.05, 0) is 36.2 Å². The summed E-state index contributed by atoms with van der Waals surface area (Å²) in [4.78, 5) is 0. The third kappa shape index (κ3) is 3.52. The molecule has 1 unspecified atom stereocenters. The molecule has 0 spiro atoms. The van der Waals surface area contributed by atoms with Crippen molar-refractivity contribution in [2.75, 3.05) is 14.2 Å². The van der Waals surface area contributed by atoms with Gasteiger partial charge in [-0.1, -0.05) is 18.2 Å². The van der Waals surface area contributed by atoms with Gasteiger partial charge in [0.2, 0.25) is 0 Å². The van der Waals surface area contributed by atoms with Crippen LogP contribution in [0.3, 0.4) is 0 Å². The van der Waals surface area contributed by atoms with E-state index in [0.717, 1.165) is 0 Å². The van der Waals surface area contributed by atoms with Crippen LogP contribution in [-0.2, 0) is 12.0 Å². The Kier molecular flexibility index (Phi) is 4.48. The normalized spacial score (nSPS) is 13.6. The van der Waals surface area contributed by atoms with Crippen LogP contribution in [0.2, 0.25) is 0 Å². The topological polar surface area (TPSA) is 38.7 Å². The van der Waals surface area contributed by atoms with E-state index in [1.54, 1.807) is 57.5 Å². The Balaban J connectivity index is 2.37. The van der Waals surface area contributed by atoms with E-state index in [0.29, 0.717) is 22.6 Å². The van der Waals surface area contributed by atoms with E-state index >= 15 is 0 Å². The highest BCUT2D eigenvalue weighted by Gasteiger charge is 2.26. The van der Waals surface area contributed by atoms with Gasteiger partial charge >= 0.3 is 0 Å². The maximum Gasteiger partial charge on any atom is 0.126 e. The Morgan fingerprint density at radius 2 is 1.62 bits per heavy atom. The molecule has 0 aliphatic heterocycles. The fraction of sp³-hybridized carbons (Fsp3) is 0.294. The van der Waals surface area contributed by atoms with Crippen LogP contribution in [0, 0.1) is 5.82 Å². The van der Waals surface area contributed by atoms with Gasteiger partial charge in [-0.25, -0.2) is 4.39 Å². The molecule has 21 heavy (non-hydrogen) atoms. The summed E-state index contributed by atoms with van der Waals surface area (Å²) >= 11 is 0. The molecule has 0 fully saturated rings. The maximum atomic E-state index is 13.8. The fourth-order valence-electron chi connectivity index (χ4n) is 2.23. The molecule has 2 rings (SSSR count). The predicted octanol–water partition coefficient (Wildman–Crippen LogP) is 3.29. The first kappa shape index (κ1) is 15.3. The number of benzene rings is 2. The van der Waals surface area contributed by atoms with E-state index < -0.39 is 5.60 Å². The fourth-order valence-corrected chi connectivity index (χ4v) is 2.23. The number of halogens is 1. The molecule has 0 bridgehead atoms. The molecule has 0 aliphatic carbocycles. The van der Waals surface area contributed by atoms with Crippen LogP contribution in [-0.4, -0.2) is 19.3 Å². The summed E-state index contributed by atoms with van der Waals surface area (Å²) in [6.45, 7) is 1.65. The van der Waals surface area contributed by atoms with Crippen molar-refractivity contribution in [1.82, 2.24) is 0 Å². The average Bonchev–Trinajstić information content (AvgIpc) is 2.48. The lowest BCUT2D eigenvalue weighted by molar-refractivity contribution is 0.0562. The van der Waals surface area contributed by atoms with Crippen LogP contribution < -0.4 is 9.47 Å². The number of hydrogen-bond acceptors (Lipinski definition) is 3. The SMILES string of the molecule is COc1cc(OC)cc(C(C)(O)Cc2ccccc2F)c1. The highest BCUT2D eigenvalue weighted by Crippen LogP contribution is 2.32. The molecular weight excluding hydrogens is 271 g/mol. The number of methoxy groups -OCH3 is 2. The Morgan fingerprint density at radius 1 is 1.05 bits per heavy atom. The van der Waals surface area contributed by atoms with Crippen molar-refractivity contribution in [2.45, 2.75) is 18.9 Å². The predicted molar refractivity (Wildman–Crippen MR) is 79.2 cm³/mol. The molecule has 0 saturated heterocycles. The second-order valence-corrected chi connectivity index (χ2v) is 5.14. The van der Waals surface area contributed by atoms with Crippen molar-refractivity contribution in [3.8, 4) is 11.5 Å². The lowest BCUT2D eigenvalue weighted by Gasteiger charge is -2.25. The van der Waals surface area contributed by atoms with Crippen molar-refractivity contribution in [3.63, 3.8) is 0 Å². The second-order valence-electron chi connectivity index (χ2n) is 5.14. The van der Waals surface area contributed by atoms with Gasteiger partial charge in [0.25, 0.3) is 0 Å². The third-order valence-corrected chi connectivity index (χ3v) is 3.47. The molecule has 0 aliphatic rings. The third-order valence-electron chi connectivity index (χ3n) is 3.47. The summed E-state index contributed by atoms with van der Waals surface area (Å²) in [6.07, 6.45) is 0.163. The monoisotopic (exact) mass is 290 g/mol. The van der Waals surface area contributed by atoms with E-state index in [4.69, 9.17) is 9.47 Å². The van der Waals surface area contributed by atoms with Gasteiger partial charge in [0.1, 0.15) is 17.3 Å². The van der Waals surface area contributed by atoms with Gasteiger partial charge in [0.05, 0.1) is 19.8 Å². The Bertz CT molecular complexity index is 601. The van der Waals surface area contributed by atoms with Crippen molar-refractivity contribution >= 4 is 0 Å². The Hall–Kier alpha value is -2.07. The number of rotatable bonds is 5.